The van der Waals surface area contributed by atoms with E-state index in [1.54, 1.807) is 6.33 Å². The Bertz CT molecular complexity index is 937. The number of imidazole rings is 1. The third-order valence-electron chi connectivity index (χ3n) is 4.70. The van der Waals surface area contributed by atoms with Crippen LogP contribution in [0.5, 0.6) is 11.5 Å². The number of nitrogens with zero attached hydrogens (tertiary/aromatic N) is 4. The van der Waals surface area contributed by atoms with Crippen LogP contribution >= 0.6 is 0 Å². The third-order valence-corrected chi connectivity index (χ3v) is 4.70. The molecule has 7 heteroatoms. The molecule has 128 valence electrons. The first-order valence-electron chi connectivity index (χ1n) is 8.75. The number of hydrogen-bond donors (Lipinski definition) is 1. The highest BCUT2D eigenvalue weighted by atomic mass is 16.6. The van der Waals surface area contributed by atoms with Gasteiger partial charge in [0.2, 0.25) is 0 Å². The van der Waals surface area contributed by atoms with E-state index in [-0.39, 0.29) is 0 Å². The topological polar surface area (TPSA) is 74.1 Å². The zero-order valence-electron chi connectivity index (χ0n) is 13.9. The number of aromatic nitrogens is 4. The summed E-state index contributed by atoms with van der Waals surface area (Å²) in [4.78, 5) is 13.7. The zero-order valence-corrected chi connectivity index (χ0v) is 13.9. The van der Waals surface area contributed by atoms with Gasteiger partial charge in [-0.05, 0) is 25.0 Å². The molecule has 0 fully saturated rings. The van der Waals surface area contributed by atoms with E-state index < -0.39 is 0 Å². The molecule has 0 unspecified atom stereocenters. The summed E-state index contributed by atoms with van der Waals surface area (Å²) >= 11 is 0. The monoisotopic (exact) mass is 337 g/mol. The molecule has 2 aliphatic heterocycles. The molecule has 25 heavy (non-hydrogen) atoms. The second-order valence-electron chi connectivity index (χ2n) is 6.37. The van der Waals surface area contributed by atoms with E-state index in [1.807, 2.05) is 18.2 Å². The molecule has 0 atom stereocenters. The first-order chi connectivity index (χ1) is 12.4. The molecule has 2 aromatic heterocycles. The molecule has 0 bridgehead atoms. The Kier molecular flexibility index (Phi) is 3.43. The van der Waals surface area contributed by atoms with Gasteiger partial charge in [-0.3, -0.25) is 0 Å². The standard InChI is InChI=1S/C18H19N5O2/c1-2-4-15-22-16-17(19-11-20-18(16)23(15)7-3-1)21-12-5-6-13-14(10-12)25-9-8-24-13/h5-6,10-11H,1-4,7-9H2,(H,19,20,21). The van der Waals surface area contributed by atoms with E-state index >= 15 is 0 Å². The van der Waals surface area contributed by atoms with Crippen molar-refractivity contribution in [1.29, 1.82) is 0 Å². The number of aryl methyl sites for hydroxylation is 2. The summed E-state index contributed by atoms with van der Waals surface area (Å²) in [6.45, 7) is 2.14. The molecule has 0 spiro atoms. The maximum absolute atomic E-state index is 5.65. The van der Waals surface area contributed by atoms with Crippen molar-refractivity contribution in [1.82, 2.24) is 19.5 Å². The fourth-order valence-electron chi connectivity index (χ4n) is 3.49. The van der Waals surface area contributed by atoms with Crippen LogP contribution < -0.4 is 14.8 Å². The predicted octanol–water partition coefficient (Wildman–Crippen LogP) is 3.07. The van der Waals surface area contributed by atoms with Crippen molar-refractivity contribution in [2.75, 3.05) is 18.5 Å². The summed E-state index contributed by atoms with van der Waals surface area (Å²) in [5.41, 5.74) is 2.63. The fourth-order valence-corrected chi connectivity index (χ4v) is 3.49. The van der Waals surface area contributed by atoms with Crippen LogP contribution in [0.15, 0.2) is 24.5 Å². The van der Waals surface area contributed by atoms with Gasteiger partial charge in [0.1, 0.15) is 25.4 Å². The lowest BCUT2D eigenvalue weighted by Gasteiger charge is -2.19. The molecule has 0 saturated carbocycles. The van der Waals surface area contributed by atoms with E-state index in [9.17, 15) is 0 Å². The highest BCUT2D eigenvalue weighted by molar-refractivity contribution is 5.85. The number of nitrogens with one attached hydrogen (secondary N) is 1. The highest BCUT2D eigenvalue weighted by Gasteiger charge is 2.18. The molecule has 0 amide bonds. The van der Waals surface area contributed by atoms with Crippen molar-refractivity contribution in [3.8, 4) is 11.5 Å². The first-order valence-corrected chi connectivity index (χ1v) is 8.75. The van der Waals surface area contributed by atoms with Crippen molar-refractivity contribution in [2.24, 2.45) is 0 Å². The Morgan fingerprint density at radius 3 is 2.88 bits per heavy atom. The van der Waals surface area contributed by atoms with Gasteiger partial charge in [-0.25, -0.2) is 15.0 Å². The van der Waals surface area contributed by atoms with Gasteiger partial charge < -0.3 is 19.4 Å². The normalized spacial score (nSPS) is 16.3. The zero-order chi connectivity index (χ0) is 16.6. The molecule has 0 saturated heterocycles. The summed E-state index contributed by atoms with van der Waals surface area (Å²) in [6.07, 6.45) is 6.20. The van der Waals surface area contributed by atoms with Gasteiger partial charge in [0.15, 0.2) is 28.5 Å². The predicted molar refractivity (Wildman–Crippen MR) is 93.6 cm³/mol. The largest absolute Gasteiger partial charge is 0.486 e. The SMILES string of the molecule is c1nc(Nc2ccc3c(c2)OCCO3)c2nc3n(c2n1)CCCCC3. The van der Waals surface area contributed by atoms with Crippen molar-refractivity contribution in [2.45, 2.75) is 32.2 Å². The minimum atomic E-state index is 0.571. The summed E-state index contributed by atoms with van der Waals surface area (Å²) in [5.74, 6) is 3.36. The van der Waals surface area contributed by atoms with Crippen molar-refractivity contribution < 1.29 is 9.47 Å². The quantitative estimate of drug-likeness (QED) is 0.775. The summed E-state index contributed by atoms with van der Waals surface area (Å²) in [6, 6.07) is 5.81. The number of anilines is 2. The van der Waals surface area contributed by atoms with E-state index in [2.05, 4.69) is 19.9 Å². The van der Waals surface area contributed by atoms with Crippen molar-refractivity contribution >= 4 is 22.7 Å². The first kappa shape index (κ1) is 14.5. The number of ether oxygens (including phenoxy) is 2. The Balaban J connectivity index is 1.53. The van der Waals surface area contributed by atoms with E-state index in [0.29, 0.717) is 13.2 Å². The Morgan fingerprint density at radius 1 is 1.00 bits per heavy atom. The van der Waals surface area contributed by atoms with Crippen LogP contribution in [0, 0.1) is 0 Å². The molecule has 1 N–H and O–H groups in total. The minimum Gasteiger partial charge on any atom is -0.486 e. The van der Waals surface area contributed by atoms with Gasteiger partial charge >= 0.3 is 0 Å². The lowest BCUT2D eigenvalue weighted by molar-refractivity contribution is 0.171. The van der Waals surface area contributed by atoms with Crippen LogP contribution in [0.25, 0.3) is 11.2 Å². The van der Waals surface area contributed by atoms with E-state index in [4.69, 9.17) is 14.5 Å². The molecular formula is C18H19N5O2. The average Bonchev–Trinajstić information content (AvgIpc) is 2.84. The molecule has 0 radical (unpaired) electrons. The van der Waals surface area contributed by atoms with Crippen LogP contribution in [0.4, 0.5) is 11.5 Å². The molecule has 7 nitrogen and oxygen atoms in total. The molecule has 4 heterocycles. The number of fused-ring (bicyclic) bond motifs is 4. The molecule has 5 rings (SSSR count). The second kappa shape index (κ2) is 5.91. The second-order valence-corrected chi connectivity index (χ2v) is 6.37. The summed E-state index contributed by atoms with van der Waals surface area (Å²) < 4.78 is 13.5. The van der Waals surface area contributed by atoms with Gasteiger partial charge in [0.05, 0.1) is 0 Å². The Labute approximate surface area is 145 Å². The van der Waals surface area contributed by atoms with E-state index in [0.717, 1.165) is 53.0 Å². The molecule has 1 aromatic carbocycles. The molecule has 0 aliphatic carbocycles. The Morgan fingerprint density at radius 2 is 1.92 bits per heavy atom. The van der Waals surface area contributed by atoms with Gasteiger partial charge in [0, 0.05) is 24.7 Å². The molecule has 2 aliphatic rings. The average molecular weight is 337 g/mol. The lowest BCUT2D eigenvalue weighted by atomic mass is 10.2. The van der Waals surface area contributed by atoms with Gasteiger partial charge in [-0.15, -0.1) is 0 Å². The maximum atomic E-state index is 5.65. The number of rotatable bonds is 2. The van der Waals surface area contributed by atoms with Crippen LogP contribution in [-0.4, -0.2) is 32.7 Å². The lowest BCUT2D eigenvalue weighted by Crippen LogP contribution is -2.15. The van der Waals surface area contributed by atoms with E-state index in [1.165, 1.54) is 19.3 Å². The van der Waals surface area contributed by atoms with Crippen LogP contribution in [0.2, 0.25) is 0 Å². The number of hydrogen-bond acceptors (Lipinski definition) is 6. The summed E-state index contributed by atoms with van der Waals surface area (Å²) in [7, 11) is 0. The summed E-state index contributed by atoms with van der Waals surface area (Å²) in [5, 5.41) is 3.36. The number of benzene rings is 1. The van der Waals surface area contributed by atoms with Gasteiger partial charge in [0.25, 0.3) is 0 Å². The van der Waals surface area contributed by atoms with Gasteiger partial charge in [-0.1, -0.05) is 6.42 Å². The van der Waals surface area contributed by atoms with Crippen molar-refractivity contribution in [3.05, 3.63) is 30.4 Å². The third kappa shape index (κ3) is 2.56. The Hall–Kier alpha value is -2.83. The van der Waals surface area contributed by atoms with Crippen LogP contribution in [0.3, 0.4) is 0 Å². The molecular weight excluding hydrogens is 318 g/mol. The smallest absolute Gasteiger partial charge is 0.165 e. The highest BCUT2D eigenvalue weighted by Crippen LogP contribution is 2.34. The van der Waals surface area contributed by atoms with Crippen molar-refractivity contribution in [3.63, 3.8) is 0 Å². The minimum absolute atomic E-state index is 0.571. The molecule has 3 aromatic rings. The van der Waals surface area contributed by atoms with Crippen LogP contribution in [0.1, 0.15) is 25.1 Å². The fraction of sp³-hybridized carbons (Fsp3) is 0.389. The van der Waals surface area contributed by atoms with Gasteiger partial charge in [-0.2, -0.15) is 0 Å². The maximum Gasteiger partial charge on any atom is 0.165 e. The van der Waals surface area contributed by atoms with Crippen LogP contribution in [-0.2, 0) is 13.0 Å².